The average molecular weight is 449 g/mol. The van der Waals surface area contributed by atoms with Crippen LogP contribution in [0.1, 0.15) is 26.4 Å². The average Bonchev–Trinajstić information content (AvgIpc) is 3.13. The maximum atomic E-state index is 12.7. The Morgan fingerprint density at radius 2 is 1.66 bits per heavy atom. The first-order valence-electron chi connectivity index (χ1n) is 9.81. The van der Waals surface area contributed by atoms with Crippen molar-refractivity contribution >= 4 is 38.4 Å². The minimum absolute atomic E-state index is 0.104. The molecule has 0 aliphatic rings. The molecule has 0 amide bonds. The number of hydrogen-bond acceptors (Lipinski definition) is 5. The van der Waals surface area contributed by atoms with E-state index in [0.717, 1.165) is 10.9 Å². The fourth-order valence-electron chi connectivity index (χ4n) is 3.45. The van der Waals surface area contributed by atoms with E-state index >= 15 is 0 Å². The fourth-order valence-corrected chi connectivity index (χ4v) is 4.52. The second-order valence-electron chi connectivity index (χ2n) is 7.17. The molecule has 162 valence electrons. The number of nitrogens with one attached hydrogen (secondary N) is 2. The van der Waals surface area contributed by atoms with Gasteiger partial charge in [-0.3, -0.25) is 9.52 Å². The van der Waals surface area contributed by atoms with Crippen LogP contribution in [0.4, 0.5) is 5.69 Å². The largest absolute Gasteiger partial charge is 0.454 e. The minimum Gasteiger partial charge on any atom is -0.454 e. The quantitative estimate of drug-likeness (QED) is 0.324. The number of fused-ring (bicyclic) bond motifs is 1. The lowest BCUT2D eigenvalue weighted by Crippen LogP contribution is -2.16. The molecule has 0 unspecified atom stereocenters. The molecule has 8 heteroatoms. The van der Waals surface area contributed by atoms with E-state index in [2.05, 4.69) is 9.71 Å². The molecule has 0 spiro atoms. The van der Waals surface area contributed by atoms with Crippen LogP contribution in [0.2, 0.25) is 0 Å². The first-order chi connectivity index (χ1) is 15.3. The van der Waals surface area contributed by atoms with Crippen LogP contribution in [0.5, 0.6) is 0 Å². The Kier molecular flexibility index (Phi) is 5.79. The summed E-state index contributed by atoms with van der Waals surface area (Å²) in [5.41, 5.74) is 2.35. The maximum Gasteiger partial charge on any atom is 0.338 e. The second-order valence-corrected chi connectivity index (χ2v) is 8.85. The van der Waals surface area contributed by atoms with Gasteiger partial charge in [-0.2, -0.15) is 0 Å². The van der Waals surface area contributed by atoms with Gasteiger partial charge in [-0.15, -0.1) is 0 Å². The summed E-state index contributed by atoms with van der Waals surface area (Å²) in [6.07, 6.45) is 0. The van der Waals surface area contributed by atoms with Crippen molar-refractivity contribution in [3.8, 4) is 0 Å². The van der Waals surface area contributed by atoms with Gasteiger partial charge < -0.3 is 9.72 Å². The van der Waals surface area contributed by atoms with E-state index in [1.54, 1.807) is 25.1 Å². The van der Waals surface area contributed by atoms with E-state index < -0.39 is 22.6 Å². The number of benzene rings is 3. The molecular formula is C24H20N2O5S. The number of ketones is 1. The lowest BCUT2D eigenvalue weighted by Gasteiger charge is -2.10. The van der Waals surface area contributed by atoms with E-state index in [1.807, 2.05) is 24.3 Å². The lowest BCUT2D eigenvalue weighted by atomic mass is 10.1. The summed E-state index contributed by atoms with van der Waals surface area (Å²) in [6, 6.07) is 21.2. The summed E-state index contributed by atoms with van der Waals surface area (Å²) in [5, 5.41) is 0.767. The first kappa shape index (κ1) is 21.3. The molecule has 0 radical (unpaired) electrons. The van der Waals surface area contributed by atoms with Crippen molar-refractivity contribution < 1.29 is 22.7 Å². The summed E-state index contributed by atoms with van der Waals surface area (Å²) in [6.45, 7) is 1.36. The SMILES string of the molecule is Cc1[nH]c2ccccc2c1C(=O)COC(=O)c1cccc(NS(=O)(=O)c2ccccc2)c1. The van der Waals surface area contributed by atoms with Crippen molar-refractivity contribution in [1.29, 1.82) is 0 Å². The van der Waals surface area contributed by atoms with Gasteiger partial charge in [0.1, 0.15) is 0 Å². The highest BCUT2D eigenvalue weighted by atomic mass is 32.2. The van der Waals surface area contributed by atoms with Gasteiger partial charge >= 0.3 is 5.97 Å². The van der Waals surface area contributed by atoms with Gasteiger partial charge in [0, 0.05) is 27.8 Å². The number of aromatic amines is 1. The number of hydrogen-bond donors (Lipinski definition) is 2. The van der Waals surface area contributed by atoms with Crippen LogP contribution in [0.15, 0.2) is 83.8 Å². The molecular weight excluding hydrogens is 428 g/mol. The third-order valence-corrected chi connectivity index (χ3v) is 6.31. The minimum atomic E-state index is -3.80. The normalized spacial score (nSPS) is 11.3. The number of rotatable bonds is 7. The van der Waals surface area contributed by atoms with Gasteiger partial charge in [0.2, 0.25) is 5.78 Å². The first-order valence-corrected chi connectivity index (χ1v) is 11.3. The predicted molar refractivity (Wildman–Crippen MR) is 121 cm³/mol. The van der Waals surface area contributed by atoms with Crippen molar-refractivity contribution in [3.63, 3.8) is 0 Å². The number of para-hydroxylation sites is 1. The number of Topliss-reactive ketones (excluding diaryl/α,β-unsaturated/α-hetero) is 1. The molecule has 32 heavy (non-hydrogen) atoms. The van der Waals surface area contributed by atoms with E-state index in [0.29, 0.717) is 11.3 Å². The third kappa shape index (κ3) is 4.40. The standard InChI is InChI=1S/C24H20N2O5S/c1-16-23(20-12-5-6-13-21(20)25-16)22(27)15-31-24(28)17-8-7-9-18(14-17)26-32(29,30)19-10-3-2-4-11-19/h2-14,25-26H,15H2,1H3. The highest BCUT2D eigenvalue weighted by Gasteiger charge is 2.19. The van der Waals surface area contributed by atoms with Crippen LogP contribution in [0.25, 0.3) is 10.9 Å². The molecule has 4 rings (SSSR count). The highest BCUT2D eigenvalue weighted by Crippen LogP contribution is 2.23. The molecule has 0 aliphatic heterocycles. The Morgan fingerprint density at radius 1 is 0.938 bits per heavy atom. The van der Waals surface area contributed by atoms with E-state index in [9.17, 15) is 18.0 Å². The molecule has 0 aliphatic carbocycles. The number of sulfonamides is 1. The molecule has 1 heterocycles. The van der Waals surface area contributed by atoms with Crippen LogP contribution < -0.4 is 4.72 Å². The van der Waals surface area contributed by atoms with Crippen LogP contribution in [0, 0.1) is 6.92 Å². The highest BCUT2D eigenvalue weighted by molar-refractivity contribution is 7.92. The fraction of sp³-hybridized carbons (Fsp3) is 0.0833. The predicted octanol–water partition coefficient (Wildman–Crippen LogP) is 4.32. The van der Waals surface area contributed by atoms with Crippen LogP contribution in [-0.2, 0) is 14.8 Å². The molecule has 0 saturated heterocycles. The Hall–Kier alpha value is -3.91. The number of esters is 1. The van der Waals surface area contributed by atoms with Crippen LogP contribution >= 0.6 is 0 Å². The number of anilines is 1. The molecule has 1 aromatic heterocycles. The number of aryl methyl sites for hydroxylation is 1. The van der Waals surface area contributed by atoms with Crippen molar-refractivity contribution in [2.45, 2.75) is 11.8 Å². The van der Waals surface area contributed by atoms with Crippen LogP contribution in [-0.4, -0.2) is 31.8 Å². The van der Waals surface area contributed by atoms with Gasteiger partial charge in [-0.05, 0) is 43.3 Å². The maximum absolute atomic E-state index is 12.7. The van der Waals surface area contributed by atoms with Crippen molar-refractivity contribution in [1.82, 2.24) is 4.98 Å². The Labute approximate surface area is 185 Å². The van der Waals surface area contributed by atoms with Gasteiger partial charge in [0.05, 0.1) is 10.5 Å². The van der Waals surface area contributed by atoms with Gasteiger partial charge in [0.25, 0.3) is 10.0 Å². The number of carbonyl (C=O) groups is 2. The second kappa shape index (κ2) is 8.68. The van der Waals surface area contributed by atoms with Gasteiger partial charge in [0.15, 0.2) is 6.61 Å². The van der Waals surface area contributed by atoms with Crippen molar-refractivity contribution in [2.24, 2.45) is 0 Å². The number of carbonyl (C=O) groups excluding carboxylic acids is 2. The number of aromatic nitrogens is 1. The Balaban J connectivity index is 1.46. The third-order valence-electron chi connectivity index (χ3n) is 4.91. The molecule has 3 aromatic carbocycles. The molecule has 2 N–H and O–H groups in total. The summed E-state index contributed by atoms with van der Waals surface area (Å²) in [4.78, 5) is 28.4. The molecule has 0 saturated carbocycles. The Bertz CT molecular complexity index is 1410. The molecule has 0 bridgehead atoms. The van der Waals surface area contributed by atoms with Crippen molar-refractivity contribution in [3.05, 3.63) is 95.7 Å². The zero-order valence-electron chi connectivity index (χ0n) is 17.2. The molecule has 0 fully saturated rings. The molecule has 4 aromatic rings. The topological polar surface area (TPSA) is 105 Å². The molecule has 0 atom stereocenters. The van der Waals surface area contributed by atoms with E-state index in [-0.39, 0.29) is 21.9 Å². The van der Waals surface area contributed by atoms with Gasteiger partial charge in [-0.1, -0.05) is 42.5 Å². The molecule has 7 nitrogen and oxygen atoms in total. The zero-order valence-corrected chi connectivity index (χ0v) is 18.0. The summed E-state index contributed by atoms with van der Waals surface area (Å²) < 4.78 is 32.6. The van der Waals surface area contributed by atoms with Crippen LogP contribution in [0.3, 0.4) is 0 Å². The van der Waals surface area contributed by atoms with E-state index in [1.165, 1.54) is 36.4 Å². The number of ether oxygens (including phenoxy) is 1. The summed E-state index contributed by atoms with van der Waals surface area (Å²) >= 11 is 0. The number of H-pyrrole nitrogens is 1. The smallest absolute Gasteiger partial charge is 0.338 e. The Morgan fingerprint density at radius 3 is 2.44 bits per heavy atom. The van der Waals surface area contributed by atoms with Crippen molar-refractivity contribution in [2.75, 3.05) is 11.3 Å². The monoisotopic (exact) mass is 448 g/mol. The zero-order chi connectivity index (χ0) is 22.7. The lowest BCUT2D eigenvalue weighted by molar-refractivity contribution is 0.0475. The van der Waals surface area contributed by atoms with E-state index in [4.69, 9.17) is 4.74 Å². The summed E-state index contributed by atoms with van der Waals surface area (Å²) in [5.74, 6) is -1.05. The summed E-state index contributed by atoms with van der Waals surface area (Å²) in [7, 11) is -3.80. The van der Waals surface area contributed by atoms with Gasteiger partial charge in [-0.25, -0.2) is 13.2 Å².